The van der Waals surface area contributed by atoms with Gasteiger partial charge in [-0.1, -0.05) is 23.7 Å². The standard InChI is InChI=1S/C13H17ClN2O3/c1-19-9-8-16-13(18)12(17)15-7-6-10-2-4-11(14)5-3-10/h2-5H,6-9H2,1H3,(H,15,17)(H,16,18). The topological polar surface area (TPSA) is 67.4 Å². The Morgan fingerprint density at radius 1 is 1.11 bits per heavy atom. The summed E-state index contributed by atoms with van der Waals surface area (Å²) in [7, 11) is 1.53. The van der Waals surface area contributed by atoms with E-state index in [0.29, 0.717) is 31.1 Å². The summed E-state index contributed by atoms with van der Waals surface area (Å²) in [6, 6.07) is 7.34. The summed E-state index contributed by atoms with van der Waals surface area (Å²) in [4.78, 5) is 22.7. The molecular weight excluding hydrogens is 268 g/mol. The van der Waals surface area contributed by atoms with Gasteiger partial charge in [0, 0.05) is 25.2 Å². The summed E-state index contributed by atoms with van der Waals surface area (Å²) in [6.07, 6.45) is 0.647. The molecule has 0 saturated carbocycles. The fourth-order valence-corrected chi connectivity index (χ4v) is 1.52. The summed E-state index contributed by atoms with van der Waals surface area (Å²) in [5.74, 6) is -1.28. The number of halogens is 1. The summed E-state index contributed by atoms with van der Waals surface area (Å²) < 4.78 is 4.76. The molecule has 0 heterocycles. The van der Waals surface area contributed by atoms with Crippen molar-refractivity contribution in [2.45, 2.75) is 6.42 Å². The number of hydrogen-bond donors (Lipinski definition) is 2. The lowest BCUT2D eigenvalue weighted by Gasteiger charge is -2.06. The Morgan fingerprint density at radius 3 is 2.26 bits per heavy atom. The van der Waals surface area contributed by atoms with Crippen molar-refractivity contribution >= 4 is 23.4 Å². The summed E-state index contributed by atoms with van der Waals surface area (Å²) in [5.41, 5.74) is 1.05. The minimum atomic E-state index is -0.645. The van der Waals surface area contributed by atoms with Crippen molar-refractivity contribution in [3.8, 4) is 0 Å². The smallest absolute Gasteiger partial charge is 0.309 e. The van der Waals surface area contributed by atoms with Crippen LogP contribution >= 0.6 is 11.6 Å². The van der Waals surface area contributed by atoms with Crippen LogP contribution in [-0.2, 0) is 20.7 Å². The van der Waals surface area contributed by atoms with Crippen LogP contribution in [0.2, 0.25) is 5.02 Å². The van der Waals surface area contributed by atoms with Crippen LogP contribution in [0.3, 0.4) is 0 Å². The second-order valence-corrected chi connectivity index (χ2v) is 4.32. The number of rotatable bonds is 6. The van der Waals surface area contributed by atoms with E-state index in [2.05, 4.69) is 10.6 Å². The lowest BCUT2D eigenvalue weighted by atomic mass is 10.1. The first-order valence-corrected chi connectivity index (χ1v) is 6.30. The minimum Gasteiger partial charge on any atom is -0.383 e. The number of amides is 2. The molecular formula is C13H17ClN2O3. The molecule has 19 heavy (non-hydrogen) atoms. The molecule has 1 rings (SSSR count). The molecule has 6 heteroatoms. The van der Waals surface area contributed by atoms with E-state index in [9.17, 15) is 9.59 Å². The maximum absolute atomic E-state index is 11.4. The van der Waals surface area contributed by atoms with Crippen LogP contribution in [-0.4, -0.2) is 38.6 Å². The SMILES string of the molecule is COCCNC(=O)C(=O)NCCc1ccc(Cl)cc1. The molecule has 0 bridgehead atoms. The van der Waals surface area contributed by atoms with Crippen LogP contribution in [0.4, 0.5) is 0 Å². The van der Waals surface area contributed by atoms with Crippen LogP contribution < -0.4 is 10.6 Å². The molecule has 0 atom stereocenters. The van der Waals surface area contributed by atoms with Crippen molar-refractivity contribution in [1.82, 2.24) is 10.6 Å². The predicted molar refractivity (Wildman–Crippen MR) is 73.1 cm³/mol. The second-order valence-electron chi connectivity index (χ2n) is 3.88. The number of methoxy groups -OCH3 is 1. The van der Waals surface area contributed by atoms with Gasteiger partial charge in [0.05, 0.1) is 6.61 Å². The van der Waals surface area contributed by atoms with Gasteiger partial charge in [-0.3, -0.25) is 9.59 Å². The maximum Gasteiger partial charge on any atom is 0.309 e. The fraction of sp³-hybridized carbons (Fsp3) is 0.385. The van der Waals surface area contributed by atoms with Crippen LogP contribution in [0.1, 0.15) is 5.56 Å². The zero-order chi connectivity index (χ0) is 14.1. The van der Waals surface area contributed by atoms with Crippen LogP contribution in [0.5, 0.6) is 0 Å². The highest BCUT2D eigenvalue weighted by Crippen LogP contribution is 2.09. The Labute approximate surface area is 117 Å². The zero-order valence-electron chi connectivity index (χ0n) is 10.7. The molecule has 0 radical (unpaired) electrons. The normalized spacial score (nSPS) is 10.0. The summed E-state index contributed by atoms with van der Waals surface area (Å²) in [5, 5.41) is 5.67. The number of hydrogen-bond acceptors (Lipinski definition) is 3. The van der Waals surface area contributed by atoms with Crippen molar-refractivity contribution < 1.29 is 14.3 Å². The molecule has 0 spiro atoms. The molecule has 104 valence electrons. The Hall–Kier alpha value is -1.59. The van der Waals surface area contributed by atoms with Gasteiger partial charge in [0.15, 0.2) is 0 Å². The summed E-state index contributed by atoms with van der Waals surface area (Å²) in [6.45, 7) is 1.10. The molecule has 0 aliphatic rings. The van der Waals surface area contributed by atoms with Gasteiger partial charge in [0.2, 0.25) is 0 Å². The molecule has 2 N–H and O–H groups in total. The van der Waals surface area contributed by atoms with Crippen molar-refractivity contribution in [3.63, 3.8) is 0 Å². The average Bonchev–Trinajstić information content (AvgIpc) is 2.41. The van der Waals surface area contributed by atoms with E-state index in [1.807, 2.05) is 12.1 Å². The number of benzene rings is 1. The van der Waals surface area contributed by atoms with E-state index in [-0.39, 0.29) is 0 Å². The molecule has 1 aromatic carbocycles. The number of nitrogens with one attached hydrogen (secondary N) is 2. The van der Waals surface area contributed by atoms with Gasteiger partial charge in [0.25, 0.3) is 0 Å². The Bertz CT molecular complexity index is 420. The lowest BCUT2D eigenvalue weighted by Crippen LogP contribution is -2.41. The minimum absolute atomic E-state index is 0.319. The Morgan fingerprint density at radius 2 is 1.68 bits per heavy atom. The van der Waals surface area contributed by atoms with Gasteiger partial charge >= 0.3 is 11.8 Å². The van der Waals surface area contributed by atoms with Gasteiger partial charge in [-0.05, 0) is 24.1 Å². The van der Waals surface area contributed by atoms with Crippen LogP contribution in [0, 0.1) is 0 Å². The quantitative estimate of drug-likeness (QED) is 0.599. The fourth-order valence-electron chi connectivity index (χ4n) is 1.40. The van der Waals surface area contributed by atoms with Gasteiger partial charge in [-0.25, -0.2) is 0 Å². The maximum atomic E-state index is 11.4. The highest BCUT2D eigenvalue weighted by Gasteiger charge is 2.11. The van der Waals surface area contributed by atoms with Gasteiger partial charge < -0.3 is 15.4 Å². The Balaban J connectivity index is 2.23. The molecule has 5 nitrogen and oxygen atoms in total. The highest BCUT2D eigenvalue weighted by atomic mass is 35.5. The Kier molecular flexibility index (Phi) is 6.92. The highest BCUT2D eigenvalue weighted by molar-refractivity contribution is 6.35. The first-order chi connectivity index (χ1) is 9.13. The monoisotopic (exact) mass is 284 g/mol. The molecule has 2 amide bonds. The molecule has 0 saturated heterocycles. The van der Waals surface area contributed by atoms with E-state index in [1.54, 1.807) is 12.1 Å². The third-order valence-electron chi connectivity index (χ3n) is 2.41. The largest absolute Gasteiger partial charge is 0.383 e. The molecule has 0 aliphatic carbocycles. The number of carbonyl (C=O) groups is 2. The van der Waals surface area contributed by atoms with E-state index < -0.39 is 11.8 Å². The first-order valence-electron chi connectivity index (χ1n) is 5.93. The predicted octanol–water partition coefficient (Wildman–Crippen LogP) is 0.761. The second kappa shape index (κ2) is 8.50. The zero-order valence-corrected chi connectivity index (χ0v) is 11.5. The number of ether oxygens (including phenoxy) is 1. The van der Waals surface area contributed by atoms with Crippen LogP contribution in [0.25, 0.3) is 0 Å². The van der Waals surface area contributed by atoms with Gasteiger partial charge in [-0.15, -0.1) is 0 Å². The van der Waals surface area contributed by atoms with Crippen molar-refractivity contribution in [3.05, 3.63) is 34.9 Å². The summed E-state index contributed by atoms with van der Waals surface area (Å²) >= 11 is 5.77. The van der Waals surface area contributed by atoms with Crippen LogP contribution in [0.15, 0.2) is 24.3 Å². The van der Waals surface area contributed by atoms with Crippen molar-refractivity contribution in [2.75, 3.05) is 26.8 Å². The average molecular weight is 285 g/mol. The number of carbonyl (C=O) groups excluding carboxylic acids is 2. The van der Waals surface area contributed by atoms with E-state index in [4.69, 9.17) is 16.3 Å². The molecule has 0 aromatic heterocycles. The van der Waals surface area contributed by atoms with Gasteiger partial charge in [0.1, 0.15) is 0 Å². The molecule has 0 unspecified atom stereocenters. The van der Waals surface area contributed by atoms with E-state index >= 15 is 0 Å². The van der Waals surface area contributed by atoms with Crippen molar-refractivity contribution in [1.29, 1.82) is 0 Å². The molecule has 0 fully saturated rings. The van der Waals surface area contributed by atoms with E-state index in [0.717, 1.165) is 5.56 Å². The third-order valence-corrected chi connectivity index (χ3v) is 2.66. The first kappa shape index (κ1) is 15.5. The molecule has 0 aliphatic heterocycles. The lowest BCUT2D eigenvalue weighted by molar-refractivity contribution is -0.139. The van der Waals surface area contributed by atoms with Gasteiger partial charge in [-0.2, -0.15) is 0 Å². The third kappa shape index (κ3) is 6.22. The van der Waals surface area contributed by atoms with E-state index in [1.165, 1.54) is 7.11 Å². The van der Waals surface area contributed by atoms with Crippen molar-refractivity contribution in [2.24, 2.45) is 0 Å². The molecule has 1 aromatic rings.